The first-order valence-electron chi connectivity index (χ1n) is 24.6. The van der Waals surface area contributed by atoms with E-state index in [1.165, 1.54) is 154 Å². The lowest BCUT2D eigenvalue weighted by atomic mass is 9.69. The van der Waals surface area contributed by atoms with Gasteiger partial charge in [0.2, 0.25) is 0 Å². The van der Waals surface area contributed by atoms with Gasteiger partial charge in [-0.1, -0.05) is 224 Å². The highest BCUT2D eigenvalue weighted by atomic mass is 14.4. The van der Waals surface area contributed by atoms with Gasteiger partial charge >= 0.3 is 0 Å². The van der Waals surface area contributed by atoms with Crippen molar-refractivity contribution in [3.8, 4) is 0 Å². The van der Waals surface area contributed by atoms with E-state index in [4.69, 9.17) is 0 Å². The molecule has 0 radical (unpaired) electrons. The van der Waals surface area contributed by atoms with Gasteiger partial charge in [0.1, 0.15) is 0 Å². The summed E-state index contributed by atoms with van der Waals surface area (Å²) in [5.74, 6) is 6.09. The monoisotopic (exact) mass is 856 g/mol. The first-order chi connectivity index (χ1) is 24.6. The quantitative estimate of drug-likeness (QED) is 0.226. The third-order valence-corrected chi connectivity index (χ3v) is 15.5. The smallest absolute Gasteiger partial charge is 0.0354 e. The van der Waals surface area contributed by atoms with Crippen molar-refractivity contribution in [3.63, 3.8) is 0 Å². The van der Waals surface area contributed by atoms with E-state index in [-0.39, 0.29) is 40.7 Å². The number of hydrogen-bond donors (Lipinski definition) is 3. The van der Waals surface area contributed by atoms with Gasteiger partial charge in [-0.2, -0.15) is 0 Å². The van der Waals surface area contributed by atoms with Gasteiger partial charge in [-0.25, -0.2) is 0 Å². The van der Waals surface area contributed by atoms with Crippen molar-refractivity contribution in [2.45, 2.75) is 301 Å². The summed E-state index contributed by atoms with van der Waals surface area (Å²) in [6, 6.07) is 0. The zero-order valence-electron chi connectivity index (χ0n) is 43.6. The molecule has 60 heavy (non-hydrogen) atoms. The van der Waals surface area contributed by atoms with E-state index in [1.54, 1.807) is 0 Å². The highest BCUT2D eigenvalue weighted by Gasteiger charge is 2.31. The lowest BCUT2D eigenvalue weighted by Crippen LogP contribution is -2.26. The fourth-order valence-electron chi connectivity index (χ4n) is 10.1. The van der Waals surface area contributed by atoms with Crippen molar-refractivity contribution < 1.29 is 0 Å². The van der Waals surface area contributed by atoms with E-state index in [1.807, 2.05) is 0 Å². The Bertz CT molecular complexity index is 831. The van der Waals surface area contributed by atoms with Crippen molar-refractivity contribution in [3.05, 3.63) is 0 Å². The van der Waals surface area contributed by atoms with Gasteiger partial charge in [-0.05, 0) is 145 Å². The summed E-state index contributed by atoms with van der Waals surface area (Å²) in [7, 11) is 0. The standard InChI is InChI=1S/2C10H20.2C9H18.2C8H16.3CH4.3H3N/c2*1-10(2,3)9-7-5-4-6-8-9;2*1-9(2,3)8-6-4-5-7-8;2*1-8(2,3)7-5-4-6-7;;;;;;/h2*9H,4-8H2,1-3H3;2*8H,4-7H2,1-3H3;2*7H,4-6H2,1-3H3;3*1H4;3*1H3. The van der Waals surface area contributed by atoms with E-state index in [0.717, 1.165) is 35.5 Å². The molecule has 0 heterocycles. The van der Waals surface area contributed by atoms with Crippen LogP contribution in [0.1, 0.15) is 301 Å². The summed E-state index contributed by atoms with van der Waals surface area (Å²) in [6.45, 7) is 42.5. The maximum atomic E-state index is 2.38. The second kappa shape index (κ2) is 32.5. The molecule has 3 heteroatoms. The third kappa shape index (κ3) is 30.9. The van der Waals surface area contributed by atoms with Gasteiger partial charge in [0.25, 0.3) is 0 Å². The molecule has 0 aliphatic heterocycles. The van der Waals surface area contributed by atoms with Gasteiger partial charge in [0, 0.05) is 0 Å². The highest BCUT2D eigenvalue weighted by molar-refractivity contribution is 4.82. The van der Waals surface area contributed by atoms with Gasteiger partial charge in [-0.15, -0.1) is 0 Å². The van der Waals surface area contributed by atoms with Crippen LogP contribution in [0.15, 0.2) is 0 Å². The minimum Gasteiger partial charge on any atom is -0.344 e. The predicted molar refractivity (Wildman–Crippen MR) is 284 cm³/mol. The predicted octanol–water partition coefficient (Wildman–Crippen LogP) is 21.7. The van der Waals surface area contributed by atoms with E-state index in [2.05, 4.69) is 125 Å². The van der Waals surface area contributed by atoms with Crippen molar-refractivity contribution in [2.75, 3.05) is 0 Å². The molecule has 6 fully saturated rings. The largest absolute Gasteiger partial charge is 0.344 e. The molecule has 0 aromatic heterocycles. The van der Waals surface area contributed by atoms with Crippen molar-refractivity contribution in [2.24, 2.45) is 68.0 Å². The molecule has 6 aliphatic rings. The van der Waals surface area contributed by atoms with E-state index in [9.17, 15) is 0 Å². The molecule has 0 bridgehead atoms. The van der Waals surface area contributed by atoms with Crippen LogP contribution in [0.5, 0.6) is 0 Å². The van der Waals surface area contributed by atoms with Crippen LogP contribution in [0.2, 0.25) is 0 Å². The molecule has 6 saturated carbocycles. The molecule has 0 spiro atoms. The van der Waals surface area contributed by atoms with Crippen LogP contribution in [-0.4, -0.2) is 0 Å². The number of rotatable bonds is 0. The second-order valence-corrected chi connectivity index (χ2v) is 26.1. The lowest BCUT2D eigenvalue weighted by Gasteiger charge is -2.37. The van der Waals surface area contributed by atoms with Gasteiger partial charge in [0.05, 0.1) is 0 Å². The summed E-state index contributed by atoms with van der Waals surface area (Å²) in [5.41, 5.74) is 3.49. The Morgan fingerprint density at radius 2 is 0.283 bits per heavy atom. The number of hydrogen-bond acceptors (Lipinski definition) is 3. The Hall–Kier alpha value is -0.120. The Kier molecular flexibility index (Phi) is 38.8. The van der Waals surface area contributed by atoms with Crippen LogP contribution < -0.4 is 18.5 Å². The second-order valence-electron chi connectivity index (χ2n) is 26.1. The molecule has 0 unspecified atom stereocenters. The topological polar surface area (TPSA) is 105 Å². The van der Waals surface area contributed by atoms with Crippen molar-refractivity contribution in [1.82, 2.24) is 18.5 Å². The van der Waals surface area contributed by atoms with Gasteiger partial charge < -0.3 is 18.5 Å². The van der Waals surface area contributed by atoms with Crippen LogP contribution >= 0.6 is 0 Å². The highest BCUT2D eigenvalue weighted by Crippen LogP contribution is 2.43. The maximum absolute atomic E-state index is 2.38. The SMILES string of the molecule is C.C.C.CC(C)(C)C1CCC1.CC(C)(C)C1CCC1.CC(C)(C)C1CCCC1.CC(C)(C)C1CCCC1.CC(C)(C)C1CCCCC1.CC(C)(C)C1CCCCC1.N.N.N. The van der Waals surface area contributed by atoms with Crippen molar-refractivity contribution in [1.29, 1.82) is 0 Å². The summed E-state index contributed by atoms with van der Waals surface area (Å²) in [6.07, 6.45) is 35.4. The van der Waals surface area contributed by atoms with E-state index < -0.39 is 0 Å². The minimum absolute atomic E-state index is 0. The van der Waals surface area contributed by atoms with Crippen molar-refractivity contribution >= 4 is 0 Å². The Balaban J connectivity index is -0.000000143. The third-order valence-electron chi connectivity index (χ3n) is 15.5. The fourth-order valence-corrected chi connectivity index (χ4v) is 10.1. The molecule has 6 rings (SSSR count). The van der Waals surface area contributed by atoms with E-state index >= 15 is 0 Å². The Morgan fingerprint density at radius 3 is 0.350 bits per heavy atom. The molecular formula is C57H129N3. The molecule has 3 nitrogen and oxygen atoms in total. The summed E-state index contributed by atoms with van der Waals surface area (Å²) < 4.78 is 0. The average molecular weight is 857 g/mol. The fraction of sp³-hybridized carbons (Fsp3) is 1.00. The van der Waals surface area contributed by atoms with Crippen LogP contribution in [0.3, 0.4) is 0 Å². The van der Waals surface area contributed by atoms with Gasteiger partial charge in [0.15, 0.2) is 0 Å². The van der Waals surface area contributed by atoms with Crippen LogP contribution in [0.4, 0.5) is 0 Å². The molecule has 9 N–H and O–H groups in total. The zero-order chi connectivity index (χ0) is 41.4. The maximum Gasteiger partial charge on any atom is -0.0354 e. The zero-order valence-corrected chi connectivity index (χ0v) is 43.6. The molecule has 0 atom stereocenters. The molecule has 0 amide bonds. The van der Waals surface area contributed by atoms with Gasteiger partial charge in [-0.3, -0.25) is 0 Å². The van der Waals surface area contributed by atoms with E-state index in [0.29, 0.717) is 32.5 Å². The molecule has 6 aliphatic carbocycles. The Morgan fingerprint density at radius 1 is 0.183 bits per heavy atom. The molecular weight excluding hydrogens is 727 g/mol. The minimum atomic E-state index is 0. The lowest BCUT2D eigenvalue weighted by molar-refractivity contribution is 0.141. The summed E-state index contributed by atoms with van der Waals surface area (Å²) >= 11 is 0. The molecule has 0 aromatic carbocycles. The van der Waals surface area contributed by atoms with Crippen LogP contribution in [0, 0.1) is 68.0 Å². The summed E-state index contributed by atoms with van der Waals surface area (Å²) in [4.78, 5) is 0. The van der Waals surface area contributed by atoms with Crippen LogP contribution in [0.25, 0.3) is 0 Å². The Labute approximate surface area is 386 Å². The first kappa shape index (κ1) is 71.5. The molecule has 0 saturated heterocycles. The molecule has 372 valence electrons. The normalized spacial score (nSPS) is 20.7. The molecule has 0 aromatic rings. The average Bonchev–Trinajstić information content (AvgIpc) is 3.71. The summed E-state index contributed by atoms with van der Waals surface area (Å²) in [5, 5.41) is 0. The first-order valence-corrected chi connectivity index (χ1v) is 24.6. The van der Waals surface area contributed by atoms with Crippen LogP contribution in [-0.2, 0) is 0 Å².